The number of hydrogen-bond donors (Lipinski definition) is 1. The highest BCUT2D eigenvalue weighted by Gasteiger charge is 2.32. The maximum atomic E-state index is 12.4. The number of anilines is 1. The number of ether oxygens (including phenoxy) is 2. The molecule has 0 radical (unpaired) electrons. The lowest BCUT2D eigenvalue weighted by Gasteiger charge is -2.27. The van der Waals surface area contributed by atoms with Crippen LogP contribution < -0.4 is 10.1 Å². The monoisotopic (exact) mass is 307 g/mol. The Bertz CT molecular complexity index is 444. The van der Waals surface area contributed by atoms with Crippen LogP contribution in [0.3, 0.4) is 0 Å². The third-order valence-corrected chi connectivity index (χ3v) is 3.66. The van der Waals surface area contributed by atoms with Gasteiger partial charge in [-0.15, -0.1) is 0 Å². The lowest BCUT2D eigenvalue weighted by Crippen LogP contribution is -2.42. The molecular weight excluding hydrogens is 278 g/mol. The Morgan fingerprint density at radius 3 is 2.32 bits per heavy atom. The second kappa shape index (κ2) is 9.46. The van der Waals surface area contributed by atoms with Gasteiger partial charge in [-0.25, -0.2) is 0 Å². The van der Waals surface area contributed by atoms with Crippen molar-refractivity contribution in [3.8, 4) is 5.75 Å². The topological polar surface area (TPSA) is 47.6 Å². The zero-order valence-corrected chi connectivity index (χ0v) is 14.3. The van der Waals surface area contributed by atoms with Crippen LogP contribution in [0.4, 0.5) is 5.69 Å². The van der Waals surface area contributed by atoms with E-state index in [1.807, 2.05) is 45.0 Å². The molecule has 0 aliphatic heterocycles. The highest BCUT2D eigenvalue weighted by molar-refractivity contribution is 5.97. The number of nitrogens with one attached hydrogen (secondary N) is 1. The third kappa shape index (κ3) is 5.68. The van der Waals surface area contributed by atoms with Gasteiger partial charge in [0, 0.05) is 12.3 Å². The predicted octanol–water partition coefficient (Wildman–Crippen LogP) is 4.40. The van der Waals surface area contributed by atoms with Crippen molar-refractivity contribution >= 4 is 11.6 Å². The van der Waals surface area contributed by atoms with Gasteiger partial charge in [-0.05, 0) is 50.5 Å². The van der Waals surface area contributed by atoms with E-state index in [4.69, 9.17) is 9.47 Å². The summed E-state index contributed by atoms with van der Waals surface area (Å²) < 4.78 is 11.3. The smallest absolute Gasteiger partial charge is 0.256 e. The first kappa shape index (κ1) is 18.5. The van der Waals surface area contributed by atoms with E-state index in [2.05, 4.69) is 12.2 Å². The maximum Gasteiger partial charge on any atom is 0.256 e. The summed E-state index contributed by atoms with van der Waals surface area (Å²) in [6.45, 7) is 9.27. The number of rotatable bonds is 10. The van der Waals surface area contributed by atoms with E-state index in [-0.39, 0.29) is 5.91 Å². The van der Waals surface area contributed by atoms with E-state index in [0.717, 1.165) is 37.3 Å². The van der Waals surface area contributed by atoms with E-state index in [9.17, 15) is 4.79 Å². The first-order valence-electron chi connectivity index (χ1n) is 8.24. The summed E-state index contributed by atoms with van der Waals surface area (Å²) in [4.78, 5) is 12.4. The first-order valence-corrected chi connectivity index (χ1v) is 8.24. The number of amides is 1. The van der Waals surface area contributed by atoms with Crippen LogP contribution in [0.15, 0.2) is 24.3 Å². The van der Waals surface area contributed by atoms with Crippen molar-refractivity contribution < 1.29 is 14.3 Å². The Morgan fingerprint density at radius 2 is 1.77 bits per heavy atom. The lowest BCUT2D eigenvalue weighted by molar-refractivity contribution is -0.139. The van der Waals surface area contributed by atoms with Gasteiger partial charge in [-0.2, -0.15) is 0 Å². The molecule has 4 nitrogen and oxygen atoms in total. The molecule has 0 spiro atoms. The van der Waals surface area contributed by atoms with Crippen molar-refractivity contribution in [2.75, 3.05) is 18.5 Å². The molecule has 1 atom stereocenters. The van der Waals surface area contributed by atoms with Crippen molar-refractivity contribution in [3.05, 3.63) is 24.3 Å². The minimum Gasteiger partial charge on any atom is -0.494 e. The number of carbonyl (C=O) groups is 1. The Labute approximate surface area is 134 Å². The molecule has 1 N–H and O–H groups in total. The molecule has 22 heavy (non-hydrogen) atoms. The van der Waals surface area contributed by atoms with Crippen LogP contribution in [0.5, 0.6) is 5.75 Å². The molecule has 0 saturated carbocycles. The largest absolute Gasteiger partial charge is 0.494 e. The Kier molecular flexibility index (Phi) is 7.96. The predicted molar refractivity (Wildman–Crippen MR) is 90.4 cm³/mol. The zero-order valence-electron chi connectivity index (χ0n) is 14.3. The van der Waals surface area contributed by atoms with Gasteiger partial charge in [0.15, 0.2) is 0 Å². The molecule has 124 valence electrons. The average molecular weight is 307 g/mol. The number of hydrogen-bond acceptors (Lipinski definition) is 3. The normalized spacial score (nSPS) is 13.5. The molecule has 0 fully saturated rings. The molecule has 1 aromatic carbocycles. The van der Waals surface area contributed by atoms with Gasteiger partial charge in [-0.3, -0.25) is 4.79 Å². The Balaban J connectivity index is 2.59. The highest BCUT2D eigenvalue weighted by Crippen LogP contribution is 2.21. The van der Waals surface area contributed by atoms with Gasteiger partial charge >= 0.3 is 0 Å². The fourth-order valence-corrected chi connectivity index (χ4v) is 1.89. The van der Waals surface area contributed by atoms with Crippen LogP contribution in [-0.2, 0) is 9.53 Å². The van der Waals surface area contributed by atoms with Crippen LogP contribution in [0.1, 0.15) is 53.4 Å². The summed E-state index contributed by atoms with van der Waals surface area (Å²) in [6.07, 6.45) is 3.69. The van der Waals surface area contributed by atoms with Gasteiger partial charge in [0.05, 0.1) is 6.61 Å². The summed E-state index contributed by atoms with van der Waals surface area (Å²) >= 11 is 0. The summed E-state index contributed by atoms with van der Waals surface area (Å²) in [5.74, 6) is 0.718. The standard InChI is InChI=1S/C18H29NO3/c1-5-8-14-21-16-11-9-15(10-12-16)19-17(20)18(4,7-3)22-13-6-2/h9-12H,5-8,13-14H2,1-4H3,(H,19,20)/t18-/m1/s1. The van der Waals surface area contributed by atoms with Crippen molar-refractivity contribution in [1.82, 2.24) is 0 Å². The fourth-order valence-electron chi connectivity index (χ4n) is 1.89. The Morgan fingerprint density at radius 1 is 1.09 bits per heavy atom. The van der Waals surface area contributed by atoms with Crippen molar-refractivity contribution in [1.29, 1.82) is 0 Å². The van der Waals surface area contributed by atoms with Crippen LogP contribution in [-0.4, -0.2) is 24.7 Å². The molecule has 0 aliphatic carbocycles. The molecule has 0 aliphatic rings. The van der Waals surface area contributed by atoms with Crippen LogP contribution in [0, 0.1) is 0 Å². The van der Waals surface area contributed by atoms with E-state index in [0.29, 0.717) is 13.0 Å². The Hall–Kier alpha value is -1.55. The molecule has 0 heterocycles. The first-order chi connectivity index (χ1) is 10.6. The van der Waals surface area contributed by atoms with Gasteiger partial charge in [0.2, 0.25) is 0 Å². The second-order valence-corrected chi connectivity index (χ2v) is 5.61. The minimum absolute atomic E-state index is 0.108. The van der Waals surface area contributed by atoms with Crippen molar-refractivity contribution in [2.45, 2.75) is 59.0 Å². The summed E-state index contributed by atoms with van der Waals surface area (Å²) in [5.41, 5.74) is -0.0284. The van der Waals surface area contributed by atoms with Crippen molar-refractivity contribution in [3.63, 3.8) is 0 Å². The SMILES string of the molecule is CCCCOc1ccc(NC(=O)[C@@](C)(CC)OCCC)cc1. The van der Waals surface area contributed by atoms with Crippen molar-refractivity contribution in [2.24, 2.45) is 0 Å². The van der Waals surface area contributed by atoms with Gasteiger partial charge in [-0.1, -0.05) is 27.2 Å². The minimum atomic E-state index is -0.785. The molecule has 0 aromatic heterocycles. The molecule has 0 bridgehead atoms. The number of unbranched alkanes of at least 4 members (excludes halogenated alkanes) is 1. The third-order valence-electron chi connectivity index (χ3n) is 3.66. The van der Waals surface area contributed by atoms with Crippen LogP contribution in [0.2, 0.25) is 0 Å². The molecular formula is C18H29NO3. The van der Waals surface area contributed by atoms with E-state index >= 15 is 0 Å². The van der Waals surface area contributed by atoms with Gasteiger partial charge in [0.1, 0.15) is 11.4 Å². The number of benzene rings is 1. The zero-order chi connectivity index (χ0) is 16.4. The molecule has 1 rings (SSSR count). The second-order valence-electron chi connectivity index (χ2n) is 5.61. The molecule has 1 amide bonds. The maximum absolute atomic E-state index is 12.4. The fraction of sp³-hybridized carbons (Fsp3) is 0.611. The summed E-state index contributed by atoms with van der Waals surface area (Å²) in [6, 6.07) is 7.47. The van der Waals surface area contributed by atoms with Crippen LogP contribution in [0.25, 0.3) is 0 Å². The van der Waals surface area contributed by atoms with E-state index in [1.165, 1.54) is 0 Å². The van der Waals surface area contributed by atoms with E-state index < -0.39 is 5.60 Å². The summed E-state index contributed by atoms with van der Waals surface area (Å²) in [5, 5.41) is 2.92. The molecule has 0 saturated heterocycles. The summed E-state index contributed by atoms with van der Waals surface area (Å²) in [7, 11) is 0. The van der Waals surface area contributed by atoms with Gasteiger partial charge in [0.25, 0.3) is 5.91 Å². The number of carbonyl (C=O) groups excluding carboxylic acids is 1. The molecule has 0 unspecified atom stereocenters. The lowest BCUT2D eigenvalue weighted by atomic mass is 10.0. The average Bonchev–Trinajstić information content (AvgIpc) is 2.54. The molecule has 4 heteroatoms. The van der Waals surface area contributed by atoms with Crippen LogP contribution >= 0.6 is 0 Å². The quantitative estimate of drug-likeness (QED) is 0.652. The molecule has 1 aromatic rings. The van der Waals surface area contributed by atoms with E-state index in [1.54, 1.807) is 0 Å². The highest BCUT2D eigenvalue weighted by atomic mass is 16.5. The van der Waals surface area contributed by atoms with Gasteiger partial charge < -0.3 is 14.8 Å².